The minimum Gasteiger partial charge on any atom is -0.299 e. The molecule has 6 heteroatoms. The van der Waals surface area contributed by atoms with Crippen LogP contribution in [0.2, 0.25) is 0 Å². The van der Waals surface area contributed by atoms with Crippen LogP contribution in [0.3, 0.4) is 0 Å². The lowest BCUT2D eigenvalue weighted by molar-refractivity contribution is -0.384. The van der Waals surface area contributed by atoms with Crippen molar-refractivity contribution < 1.29 is 4.92 Å². The minimum absolute atomic E-state index is 0.0971. The van der Waals surface area contributed by atoms with Crippen LogP contribution in [0, 0.1) is 10.1 Å². The van der Waals surface area contributed by atoms with Crippen molar-refractivity contribution in [2.75, 3.05) is 5.88 Å². The highest BCUT2D eigenvalue weighted by Crippen LogP contribution is 2.27. The third-order valence-corrected chi connectivity index (χ3v) is 3.44. The second-order valence-corrected chi connectivity index (χ2v) is 4.47. The molecule has 0 aromatic heterocycles. The monoisotopic (exact) mass is 237 g/mol. The van der Waals surface area contributed by atoms with E-state index < -0.39 is 0 Å². The van der Waals surface area contributed by atoms with Crippen molar-refractivity contribution in [3.05, 3.63) is 39.9 Å². The topological polar surface area (TPSA) is 67.5 Å². The fourth-order valence-corrected chi connectivity index (χ4v) is 2.31. The normalized spacial score (nSPS) is 16.4. The summed E-state index contributed by atoms with van der Waals surface area (Å²) in [5.41, 5.74) is 3.92. The van der Waals surface area contributed by atoms with E-state index in [9.17, 15) is 10.1 Å². The van der Waals surface area contributed by atoms with Gasteiger partial charge in [-0.1, -0.05) is 30.8 Å². The summed E-state index contributed by atoms with van der Waals surface area (Å²) in [4.78, 5) is 10.3. The first-order chi connectivity index (χ1) is 7.68. The molecule has 0 amide bonds. The molecule has 0 bridgehead atoms. The molecule has 1 aliphatic heterocycles. The number of hydrogen-bond acceptors (Lipinski definition) is 5. The van der Waals surface area contributed by atoms with E-state index in [1.165, 1.54) is 6.07 Å². The Labute approximate surface area is 97.1 Å². The highest BCUT2D eigenvalue weighted by Gasteiger charge is 2.18. The maximum absolute atomic E-state index is 10.7. The van der Waals surface area contributed by atoms with E-state index in [-0.39, 0.29) is 16.5 Å². The number of hydrazone groups is 1. The van der Waals surface area contributed by atoms with Gasteiger partial charge in [-0.2, -0.15) is 5.10 Å². The highest BCUT2D eigenvalue weighted by atomic mass is 32.2. The van der Waals surface area contributed by atoms with Crippen LogP contribution in [0.1, 0.15) is 18.4 Å². The van der Waals surface area contributed by atoms with Gasteiger partial charge in [-0.3, -0.25) is 15.5 Å². The fourth-order valence-electron chi connectivity index (χ4n) is 1.52. The molecule has 84 valence electrons. The lowest BCUT2D eigenvalue weighted by Gasteiger charge is -2.09. The number of nitro benzene ring substituents is 1. The predicted molar refractivity (Wildman–Crippen MR) is 64.5 cm³/mol. The van der Waals surface area contributed by atoms with Gasteiger partial charge in [0.1, 0.15) is 5.04 Å². The number of non-ortho nitro benzene ring substituents is 1. The first-order valence-electron chi connectivity index (χ1n) is 4.86. The van der Waals surface area contributed by atoms with Crippen LogP contribution < -0.4 is 5.43 Å². The van der Waals surface area contributed by atoms with Gasteiger partial charge in [0.2, 0.25) is 0 Å². The van der Waals surface area contributed by atoms with Crippen molar-refractivity contribution in [2.45, 2.75) is 12.8 Å². The molecule has 1 heterocycles. The Morgan fingerprint density at radius 3 is 3.06 bits per heavy atom. The largest absolute Gasteiger partial charge is 0.299 e. The van der Waals surface area contributed by atoms with Crippen LogP contribution in [0.25, 0.3) is 0 Å². The summed E-state index contributed by atoms with van der Waals surface area (Å²) >= 11 is 1.63. The lowest BCUT2D eigenvalue weighted by Crippen LogP contribution is -2.04. The number of nitrogens with zero attached hydrogens (tertiary/aromatic N) is 2. The minimum atomic E-state index is -0.377. The zero-order chi connectivity index (χ0) is 11.5. The molecule has 2 rings (SSSR count). The molecule has 5 nitrogen and oxygen atoms in total. The van der Waals surface area contributed by atoms with Crippen LogP contribution in [0.5, 0.6) is 0 Å². The number of benzene rings is 1. The molecule has 0 radical (unpaired) electrons. The smallest absolute Gasteiger partial charge is 0.269 e. The van der Waals surface area contributed by atoms with Gasteiger partial charge in [-0.25, -0.2) is 0 Å². The highest BCUT2D eigenvalue weighted by molar-refractivity contribution is 8.14. The number of hydrogen-bond donors (Lipinski definition) is 1. The summed E-state index contributed by atoms with van der Waals surface area (Å²) in [6, 6.07) is 6.70. The fraction of sp³-hybridized carbons (Fsp3) is 0.300. The number of thioether (sulfide) groups is 1. The molecule has 1 aliphatic rings. The number of nitrogens with one attached hydrogen (secondary N) is 1. The molecule has 0 unspecified atom stereocenters. The van der Waals surface area contributed by atoms with Crippen LogP contribution >= 0.6 is 11.8 Å². The van der Waals surface area contributed by atoms with E-state index in [2.05, 4.69) is 10.5 Å². The van der Waals surface area contributed by atoms with Crippen molar-refractivity contribution in [3.8, 4) is 0 Å². The van der Waals surface area contributed by atoms with E-state index in [1.807, 2.05) is 13.0 Å². The quantitative estimate of drug-likeness (QED) is 0.647. The first kappa shape index (κ1) is 10.9. The Balaban J connectivity index is 2.26. The first-order valence-corrected chi connectivity index (χ1v) is 5.84. The van der Waals surface area contributed by atoms with Gasteiger partial charge < -0.3 is 0 Å². The van der Waals surface area contributed by atoms with Crippen molar-refractivity contribution in [2.24, 2.45) is 5.10 Å². The van der Waals surface area contributed by atoms with Crippen LogP contribution in [0.4, 0.5) is 5.69 Å². The van der Waals surface area contributed by atoms with Crippen molar-refractivity contribution in [3.63, 3.8) is 0 Å². The summed E-state index contributed by atoms with van der Waals surface area (Å²) in [7, 11) is 0. The van der Waals surface area contributed by atoms with Crippen LogP contribution in [-0.4, -0.2) is 15.8 Å². The molecule has 1 aromatic rings. The second kappa shape index (κ2) is 4.52. The molecule has 0 fully saturated rings. The average molecular weight is 237 g/mol. The van der Waals surface area contributed by atoms with E-state index in [4.69, 9.17) is 0 Å². The zero-order valence-corrected chi connectivity index (χ0v) is 9.53. The summed E-state index contributed by atoms with van der Waals surface area (Å²) in [5, 5.41) is 15.8. The maximum atomic E-state index is 10.7. The van der Waals surface area contributed by atoms with E-state index in [0.717, 1.165) is 16.5 Å². The SMILES string of the molecule is C[C@H](C1=NNCS1)c1cccc([N+](=O)[O-])c1. The van der Waals surface area contributed by atoms with Gasteiger partial charge in [-0.05, 0) is 5.56 Å². The van der Waals surface area contributed by atoms with Crippen molar-refractivity contribution in [1.82, 2.24) is 5.43 Å². The van der Waals surface area contributed by atoms with E-state index in [1.54, 1.807) is 23.9 Å². The summed E-state index contributed by atoms with van der Waals surface area (Å²) in [6.45, 7) is 2.00. The Morgan fingerprint density at radius 2 is 2.44 bits per heavy atom. The predicted octanol–water partition coefficient (Wildman–Crippen LogP) is 2.31. The Hall–Kier alpha value is -1.56. The molecule has 16 heavy (non-hydrogen) atoms. The molecule has 1 aromatic carbocycles. The standard InChI is InChI=1S/C10H11N3O2S/c1-7(10-12-11-6-16-10)8-3-2-4-9(5-8)13(14)15/h2-5,7,11H,6H2,1H3/t7-/m0/s1. The number of rotatable bonds is 3. The van der Waals surface area contributed by atoms with Crippen LogP contribution in [-0.2, 0) is 0 Å². The molecule has 0 saturated heterocycles. The van der Waals surface area contributed by atoms with Gasteiger partial charge in [0, 0.05) is 18.1 Å². The van der Waals surface area contributed by atoms with Gasteiger partial charge in [0.25, 0.3) is 5.69 Å². The molecule has 1 N–H and O–H groups in total. The van der Waals surface area contributed by atoms with Crippen LogP contribution in [0.15, 0.2) is 29.4 Å². The van der Waals surface area contributed by atoms with E-state index >= 15 is 0 Å². The second-order valence-electron chi connectivity index (χ2n) is 3.47. The third kappa shape index (κ3) is 2.16. The Kier molecular flexibility index (Phi) is 3.09. The van der Waals surface area contributed by atoms with Gasteiger partial charge in [0.05, 0.1) is 10.8 Å². The molecule has 1 atom stereocenters. The van der Waals surface area contributed by atoms with Gasteiger partial charge >= 0.3 is 0 Å². The van der Waals surface area contributed by atoms with Crippen molar-refractivity contribution in [1.29, 1.82) is 0 Å². The summed E-state index contributed by atoms with van der Waals surface area (Å²) in [5.74, 6) is 0.870. The molecule has 0 saturated carbocycles. The Bertz CT molecular complexity index is 447. The molecule has 0 spiro atoms. The molecular formula is C10H11N3O2S. The Morgan fingerprint density at radius 1 is 1.62 bits per heavy atom. The van der Waals surface area contributed by atoms with Crippen molar-refractivity contribution >= 4 is 22.5 Å². The summed E-state index contributed by atoms with van der Waals surface area (Å²) in [6.07, 6.45) is 0. The maximum Gasteiger partial charge on any atom is 0.269 e. The zero-order valence-electron chi connectivity index (χ0n) is 8.71. The van der Waals surface area contributed by atoms with E-state index in [0.29, 0.717) is 0 Å². The number of nitro groups is 1. The van der Waals surface area contributed by atoms with Gasteiger partial charge in [-0.15, -0.1) is 0 Å². The van der Waals surface area contributed by atoms with Gasteiger partial charge in [0.15, 0.2) is 0 Å². The molecule has 0 aliphatic carbocycles. The third-order valence-electron chi connectivity index (χ3n) is 2.43. The molecular weight excluding hydrogens is 226 g/mol. The average Bonchev–Trinajstić information content (AvgIpc) is 2.81. The lowest BCUT2D eigenvalue weighted by atomic mass is 10.0. The summed E-state index contributed by atoms with van der Waals surface area (Å²) < 4.78 is 0.